The Kier molecular flexibility index (Phi) is 4.70. The van der Waals surface area contributed by atoms with Crippen molar-refractivity contribution in [1.29, 1.82) is 0 Å². The summed E-state index contributed by atoms with van der Waals surface area (Å²) in [6.45, 7) is 1.94. The van der Waals surface area contributed by atoms with Crippen molar-refractivity contribution in [2.24, 2.45) is 11.8 Å². The van der Waals surface area contributed by atoms with Crippen LogP contribution in [-0.2, 0) is 9.59 Å². The molecule has 8 rings (SSSR count). The van der Waals surface area contributed by atoms with Crippen molar-refractivity contribution in [3.63, 3.8) is 0 Å². The molecule has 3 amide bonds. The summed E-state index contributed by atoms with van der Waals surface area (Å²) in [4.78, 5) is 41.9. The maximum atomic E-state index is 13.9. The number of nitrogens with one attached hydrogen (secondary N) is 1. The van der Waals surface area contributed by atoms with Crippen molar-refractivity contribution >= 4 is 29.1 Å². The number of para-hydroxylation sites is 1. The molecule has 1 aliphatic heterocycles. The zero-order valence-electron chi connectivity index (χ0n) is 20.2. The Bertz CT molecular complexity index is 1490. The van der Waals surface area contributed by atoms with Gasteiger partial charge in [-0.2, -0.15) is 0 Å². The number of hydrogen-bond acceptors (Lipinski definition) is 3. The smallest absolute Gasteiger partial charge is 0.255 e. The van der Waals surface area contributed by atoms with Gasteiger partial charge in [-0.25, -0.2) is 4.90 Å². The molecule has 37 heavy (non-hydrogen) atoms. The van der Waals surface area contributed by atoms with Gasteiger partial charge in [-0.3, -0.25) is 14.4 Å². The van der Waals surface area contributed by atoms with Crippen LogP contribution >= 0.6 is 0 Å². The first-order valence-corrected chi connectivity index (χ1v) is 12.6. The molecule has 180 valence electrons. The highest BCUT2D eigenvalue weighted by atomic mass is 16.2. The Morgan fingerprint density at radius 3 is 1.59 bits per heavy atom. The molecule has 4 aliphatic rings. The summed E-state index contributed by atoms with van der Waals surface area (Å²) in [5.41, 5.74) is 7.29. The molecule has 0 saturated carbocycles. The number of carbonyl (C=O) groups is 3. The van der Waals surface area contributed by atoms with E-state index in [-0.39, 0.29) is 29.6 Å². The van der Waals surface area contributed by atoms with E-state index in [1.807, 2.05) is 55.5 Å². The summed E-state index contributed by atoms with van der Waals surface area (Å²) in [5.74, 6) is -1.68. The molecule has 1 fully saturated rings. The SMILES string of the molecule is Cc1ccccc1NC(=O)c1ccc(N2C(=O)[C@@H]3C4c5ccccc5C(c5ccccc54)[C@@H]3C2=O)cc1. The van der Waals surface area contributed by atoms with Gasteiger partial charge in [0.1, 0.15) is 0 Å². The highest BCUT2D eigenvalue weighted by Crippen LogP contribution is 2.61. The first-order valence-electron chi connectivity index (χ1n) is 12.6. The lowest BCUT2D eigenvalue weighted by Crippen LogP contribution is -2.41. The van der Waals surface area contributed by atoms with E-state index >= 15 is 0 Å². The normalized spacial score (nSPS) is 22.9. The van der Waals surface area contributed by atoms with Crippen LogP contribution in [0.4, 0.5) is 11.4 Å². The van der Waals surface area contributed by atoms with Gasteiger partial charge in [0.2, 0.25) is 11.8 Å². The van der Waals surface area contributed by atoms with E-state index in [9.17, 15) is 14.4 Å². The highest BCUT2D eigenvalue weighted by Gasteiger charge is 2.61. The van der Waals surface area contributed by atoms with Crippen LogP contribution in [0.25, 0.3) is 0 Å². The molecule has 2 atom stereocenters. The fourth-order valence-electron chi connectivity index (χ4n) is 6.60. The van der Waals surface area contributed by atoms with Crippen LogP contribution in [-0.4, -0.2) is 17.7 Å². The topological polar surface area (TPSA) is 66.5 Å². The van der Waals surface area contributed by atoms with Gasteiger partial charge in [-0.15, -0.1) is 0 Å². The van der Waals surface area contributed by atoms with Crippen LogP contribution in [0.15, 0.2) is 97.1 Å². The maximum absolute atomic E-state index is 13.9. The van der Waals surface area contributed by atoms with E-state index in [0.29, 0.717) is 11.3 Å². The van der Waals surface area contributed by atoms with Crippen molar-refractivity contribution in [2.45, 2.75) is 18.8 Å². The number of carbonyl (C=O) groups excluding carboxylic acids is 3. The number of hydrogen-bond donors (Lipinski definition) is 1. The summed E-state index contributed by atoms with van der Waals surface area (Å²) in [7, 11) is 0. The van der Waals surface area contributed by atoms with E-state index in [2.05, 4.69) is 29.6 Å². The van der Waals surface area contributed by atoms with Crippen LogP contribution in [0.3, 0.4) is 0 Å². The molecular formula is C32H24N2O3. The third kappa shape index (κ3) is 3.07. The van der Waals surface area contributed by atoms with Gasteiger partial charge in [0.05, 0.1) is 17.5 Å². The quantitative estimate of drug-likeness (QED) is 0.383. The molecule has 2 bridgehead atoms. The highest BCUT2D eigenvalue weighted by molar-refractivity contribution is 6.23. The number of rotatable bonds is 3. The van der Waals surface area contributed by atoms with Crippen molar-refractivity contribution in [2.75, 3.05) is 10.2 Å². The van der Waals surface area contributed by atoms with Gasteiger partial charge in [0.25, 0.3) is 5.91 Å². The van der Waals surface area contributed by atoms with Crippen LogP contribution in [0, 0.1) is 18.8 Å². The first kappa shape index (κ1) is 21.7. The van der Waals surface area contributed by atoms with Crippen LogP contribution < -0.4 is 10.2 Å². The maximum Gasteiger partial charge on any atom is 0.255 e. The van der Waals surface area contributed by atoms with Crippen molar-refractivity contribution in [3.8, 4) is 0 Å². The Morgan fingerprint density at radius 2 is 1.11 bits per heavy atom. The van der Waals surface area contributed by atoms with E-state index in [0.717, 1.165) is 33.5 Å². The lowest BCUT2D eigenvalue weighted by atomic mass is 9.55. The second-order valence-electron chi connectivity index (χ2n) is 10.1. The molecule has 5 nitrogen and oxygen atoms in total. The van der Waals surface area contributed by atoms with Crippen LogP contribution in [0.1, 0.15) is 50.0 Å². The zero-order chi connectivity index (χ0) is 25.3. The number of amides is 3. The molecule has 0 radical (unpaired) electrons. The number of benzene rings is 4. The largest absolute Gasteiger partial charge is 0.322 e. The molecule has 3 aliphatic carbocycles. The molecule has 1 N–H and O–H groups in total. The summed E-state index contributed by atoms with van der Waals surface area (Å²) in [6, 6.07) is 30.8. The summed E-state index contributed by atoms with van der Waals surface area (Å²) in [6.07, 6.45) is 0. The van der Waals surface area contributed by atoms with E-state index < -0.39 is 11.8 Å². The van der Waals surface area contributed by atoms with E-state index in [1.54, 1.807) is 24.3 Å². The van der Waals surface area contributed by atoms with Gasteiger partial charge in [0.15, 0.2) is 0 Å². The minimum absolute atomic E-state index is 0.136. The minimum Gasteiger partial charge on any atom is -0.322 e. The third-order valence-electron chi connectivity index (χ3n) is 8.23. The van der Waals surface area contributed by atoms with Gasteiger partial charge in [0, 0.05) is 23.1 Å². The summed E-state index contributed by atoms with van der Waals surface area (Å²) < 4.78 is 0. The average Bonchev–Trinajstić information content (AvgIpc) is 3.20. The van der Waals surface area contributed by atoms with Crippen LogP contribution in [0.2, 0.25) is 0 Å². The van der Waals surface area contributed by atoms with E-state index in [4.69, 9.17) is 0 Å². The van der Waals surface area contributed by atoms with Gasteiger partial charge in [-0.05, 0) is 65.1 Å². The molecule has 0 spiro atoms. The van der Waals surface area contributed by atoms with Crippen molar-refractivity contribution in [3.05, 3.63) is 130 Å². The van der Waals surface area contributed by atoms with Crippen molar-refractivity contribution < 1.29 is 14.4 Å². The predicted molar refractivity (Wildman–Crippen MR) is 142 cm³/mol. The van der Waals surface area contributed by atoms with Gasteiger partial charge >= 0.3 is 0 Å². The number of aryl methyl sites for hydroxylation is 1. The standard InChI is InChI=1S/C32H24N2O3/c1-18-8-2-7-13-25(18)33-30(35)19-14-16-20(17-15-19)34-31(36)28-26-21-9-3-4-10-22(21)27(29(28)32(34)37)24-12-6-5-11-23(24)26/h2-17,26-29H,1H3,(H,33,35)/t26?,27?,28-,29+. The fraction of sp³-hybridized carbons (Fsp3) is 0.156. The average molecular weight is 485 g/mol. The Balaban J connectivity index is 1.23. The lowest BCUT2D eigenvalue weighted by molar-refractivity contribution is -0.122. The van der Waals surface area contributed by atoms with Crippen LogP contribution in [0.5, 0.6) is 0 Å². The Hall–Kier alpha value is -4.51. The fourth-order valence-corrected chi connectivity index (χ4v) is 6.60. The molecule has 1 saturated heterocycles. The monoisotopic (exact) mass is 484 g/mol. The summed E-state index contributed by atoms with van der Waals surface area (Å²) in [5, 5.41) is 2.93. The third-order valence-corrected chi connectivity index (χ3v) is 8.23. The molecule has 5 heteroatoms. The number of anilines is 2. The second-order valence-corrected chi connectivity index (χ2v) is 10.1. The van der Waals surface area contributed by atoms with E-state index in [1.165, 1.54) is 4.90 Å². The number of imide groups is 1. The molecule has 4 aromatic carbocycles. The molecular weight excluding hydrogens is 460 g/mol. The molecule has 0 aromatic heterocycles. The number of nitrogens with zero attached hydrogens (tertiary/aromatic N) is 1. The van der Waals surface area contributed by atoms with Gasteiger partial charge < -0.3 is 5.32 Å². The predicted octanol–water partition coefficient (Wildman–Crippen LogP) is 5.64. The van der Waals surface area contributed by atoms with Crippen molar-refractivity contribution in [1.82, 2.24) is 0 Å². The second kappa shape index (κ2) is 8.00. The minimum atomic E-state index is -0.425. The van der Waals surface area contributed by atoms with Gasteiger partial charge in [-0.1, -0.05) is 66.7 Å². The zero-order valence-corrected chi connectivity index (χ0v) is 20.2. The Labute approximate surface area is 214 Å². The lowest BCUT2D eigenvalue weighted by Gasteiger charge is -2.45. The molecule has 1 heterocycles. The molecule has 0 unspecified atom stereocenters. The molecule has 4 aromatic rings. The first-order chi connectivity index (χ1) is 18.0. The summed E-state index contributed by atoms with van der Waals surface area (Å²) >= 11 is 0. The Morgan fingerprint density at radius 1 is 0.649 bits per heavy atom.